The van der Waals surface area contributed by atoms with E-state index in [9.17, 15) is 9.18 Å². The molecular formula is C24H29FN4O2. The van der Waals surface area contributed by atoms with Crippen LogP contribution in [0.3, 0.4) is 0 Å². The van der Waals surface area contributed by atoms with Gasteiger partial charge in [-0.05, 0) is 74.5 Å². The van der Waals surface area contributed by atoms with E-state index in [1.54, 1.807) is 24.1 Å². The third kappa shape index (κ3) is 6.65. The van der Waals surface area contributed by atoms with E-state index in [4.69, 9.17) is 4.74 Å². The molecule has 7 heteroatoms. The van der Waals surface area contributed by atoms with Crippen LogP contribution in [0.4, 0.5) is 4.39 Å². The zero-order valence-corrected chi connectivity index (χ0v) is 18.3. The van der Waals surface area contributed by atoms with Crippen molar-refractivity contribution in [2.75, 3.05) is 34.3 Å². The fourth-order valence-corrected chi connectivity index (χ4v) is 3.36. The number of nitrogens with zero attached hydrogens (tertiary/aromatic N) is 3. The molecule has 0 aliphatic rings. The van der Waals surface area contributed by atoms with E-state index in [2.05, 4.69) is 10.2 Å². The molecule has 3 aromatic rings. The average Bonchev–Trinajstić information content (AvgIpc) is 3.23. The van der Waals surface area contributed by atoms with Gasteiger partial charge in [0.1, 0.15) is 11.6 Å². The molecule has 1 heterocycles. The van der Waals surface area contributed by atoms with Gasteiger partial charge in [0.25, 0.3) is 0 Å². The zero-order chi connectivity index (χ0) is 22.2. The molecule has 0 bridgehead atoms. The molecule has 2 aromatic carbocycles. The highest BCUT2D eigenvalue weighted by Crippen LogP contribution is 2.18. The summed E-state index contributed by atoms with van der Waals surface area (Å²) in [5.74, 6) is 0.605. The van der Waals surface area contributed by atoms with Gasteiger partial charge in [-0.1, -0.05) is 12.1 Å². The third-order valence-corrected chi connectivity index (χ3v) is 5.14. The number of amides is 1. The maximum Gasteiger partial charge on any atom is 0.236 e. The SMILES string of the molecule is COc1cccc(CN(C)C(=O)CN(C)CCCc2cc(-c3ccc(F)cc3)n[nH]2)c1. The summed E-state index contributed by atoms with van der Waals surface area (Å²) in [6, 6.07) is 16.0. The molecule has 1 aromatic heterocycles. The van der Waals surface area contributed by atoms with Crippen LogP contribution in [0.2, 0.25) is 0 Å². The molecule has 0 atom stereocenters. The summed E-state index contributed by atoms with van der Waals surface area (Å²) in [4.78, 5) is 16.3. The zero-order valence-electron chi connectivity index (χ0n) is 18.3. The lowest BCUT2D eigenvalue weighted by Crippen LogP contribution is -2.36. The summed E-state index contributed by atoms with van der Waals surface area (Å²) in [5, 5.41) is 7.35. The summed E-state index contributed by atoms with van der Waals surface area (Å²) in [6.07, 6.45) is 1.72. The minimum atomic E-state index is -0.258. The Morgan fingerprint density at radius 1 is 1.13 bits per heavy atom. The van der Waals surface area contributed by atoms with Crippen LogP contribution in [0.5, 0.6) is 5.75 Å². The van der Waals surface area contributed by atoms with Crippen molar-refractivity contribution in [2.45, 2.75) is 19.4 Å². The number of halogens is 1. The van der Waals surface area contributed by atoms with Crippen LogP contribution < -0.4 is 4.74 Å². The van der Waals surface area contributed by atoms with E-state index >= 15 is 0 Å². The Hall–Kier alpha value is -3.19. The highest BCUT2D eigenvalue weighted by Gasteiger charge is 2.13. The number of aromatic amines is 1. The van der Waals surface area contributed by atoms with Crippen molar-refractivity contribution in [2.24, 2.45) is 0 Å². The number of carbonyl (C=O) groups excluding carboxylic acids is 1. The fraction of sp³-hybridized carbons (Fsp3) is 0.333. The molecule has 0 saturated heterocycles. The number of benzene rings is 2. The van der Waals surface area contributed by atoms with Gasteiger partial charge in [-0.2, -0.15) is 5.10 Å². The number of likely N-dealkylation sites (N-methyl/N-ethyl adjacent to an activating group) is 2. The summed E-state index contributed by atoms with van der Waals surface area (Å²) < 4.78 is 18.3. The van der Waals surface area contributed by atoms with Crippen LogP contribution in [0.1, 0.15) is 17.7 Å². The van der Waals surface area contributed by atoms with Gasteiger partial charge >= 0.3 is 0 Å². The van der Waals surface area contributed by atoms with Crippen LogP contribution in [0.15, 0.2) is 54.6 Å². The van der Waals surface area contributed by atoms with Crippen LogP contribution in [-0.2, 0) is 17.8 Å². The number of H-pyrrole nitrogens is 1. The number of nitrogens with one attached hydrogen (secondary N) is 1. The molecule has 6 nitrogen and oxygen atoms in total. The standard InChI is InChI=1S/C24H29FN4O2/c1-28(17-24(30)29(2)16-18-6-4-8-22(14-18)31-3)13-5-7-21-15-23(27-26-21)19-9-11-20(25)12-10-19/h4,6,8-12,14-15H,5,7,13,16-17H2,1-3H3,(H,26,27). The Balaban J connectivity index is 1.42. The molecule has 0 saturated carbocycles. The second kappa shape index (κ2) is 10.7. The van der Waals surface area contributed by atoms with Crippen molar-refractivity contribution in [3.05, 3.63) is 71.7 Å². The van der Waals surface area contributed by atoms with Gasteiger partial charge < -0.3 is 9.64 Å². The number of ether oxygens (including phenoxy) is 1. The highest BCUT2D eigenvalue weighted by molar-refractivity contribution is 5.78. The second-order valence-electron chi connectivity index (χ2n) is 7.73. The van der Waals surface area contributed by atoms with Crippen molar-refractivity contribution in [1.82, 2.24) is 20.0 Å². The largest absolute Gasteiger partial charge is 0.497 e. The van der Waals surface area contributed by atoms with Gasteiger partial charge in [-0.25, -0.2) is 4.39 Å². The minimum Gasteiger partial charge on any atom is -0.497 e. The average molecular weight is 425 g/mol. The van der Waals surface area contributed by atoms with Crippen LogP contribution in [0, 0.1) is 5.82 Å². The van der Waals surface area contributed by atoms with Gasteiger partial charge in [-0.15, -0.1) is 0 Å². The number of carbonyl (C=O) groups is 1. The molecule has 164 valence electrons. The molecule has 0 spiro atoms. The Morgan fingerprint density at radius 2 is 1.90 bits per heavy atom. The van der Waals surface area contributed by atoms with E-state index in [0.29, 0.717) is 13.1 Å². The Kier molecular flexibility index (Phi) is 7.78. The van der Waals surface area contributed by atoms with Crippen molar-refractivity contribution in [3.63, 3.8) is 0 Å². The number of aryl methyl sites for hydroxylation is 1. The molecular weight excluding hydrogens is 395 g/mol. The van der Waals surface area contributed by atoms with Crippen molar-refractivity contribution >= 4 is 5.91 Å². The maximum atomic E-state index is 13.1. The van der Waals surface area contributed by atoms with E-state index in [0.717, 1.165) is 47.7 Å². The maximum absolute atomic E-state index is 13.1. The molecule has 0 fully saturated rings. The first-order valence-corrected chi connectivity index (χ1v) is 10.3. The Labute approximate surface area is 182 Å². The van der Waals surface area contributed by atoms with Gasteiger partial charge in [0, 0.05) is 24.8 Å². The number of hydrogen-bond acceptors (Lipinski definition) is 4. The monoisotopic (exact) mass is 424 g/mol. The molecule has 3 rings (SSSR count). The van der Waals surface area contributed by atoms with E-state index in [-0.39, 0.29) is 11.7 Å². The van der Waals surface area contributed by atoms with Gasteiger partial charge in [0.05, 0.1) is 19.3 Å². The molecule has 0 aliphatic heterocycles. The Morgan fingerprint density at radius 3 is 2.65 bits per heavy atom. The summed E-state index contributed by atoms with van der Waals surface area (Å²) in [5.41, 5.74) is 3.74. The van der Waals surface area contributed by atoms with Crippen LogP contribution in [-0.4, -0.2) is 60.2 Å². The van der Waals surface area contributed by atoms with E-state index in [1.165, 1.54) is 12.1 Å². The smallest absolute Gasteiger partial charge is 0.236 e. The predicted molar refractivity (Wildman–Crippen MR) is 119 cm³/mol. The van der Waals surface area contributed by atoms with Gasteiger partial charge in [0.2, 0.25) is 5.91 Å². The first-order valence-electron chi connectivity index (χ1n) is 10.3. The minimum absolute atomic E-state index is 0.0745. The number of rotatable bonds is 10. The topological polar surface area (TPSA) is 61.5 Å². The first kappa shape index (κ1) is 22.5. The number of aromatic nitrogens is 2. The summed E-state index contributed by atoms with van der Waals surface area (Å²) in [7, 11) is 5.40. The van der Waals surface area contributed by atoms with Crippen LogP contribution in [0.25, 0.3) is 11.3 Å². The molecule has 1 amide bonds. The van der Waals surface area contributed by atoms with Crippen LogP contribution >= 0.6 is 0 Å². The third-order valence-electron chi connectivity index (χ3n) is 5.14. The quantitative estimate of drug-likeness (QED) is 0.539. The molecule has 0 unspecified atom stereocenters. The number of methoxy groups -OCH3 is 1. The molecule has 0 radical (unpaired) electrons. The summed E-state index contributed by atoms with van der Waals surface area (Å²) in [6.45, 7) is 1.71. The van der Waals surface area contributed by atoms with Gasteiger partial charge in [0.15, 0.2) is 0 Å². The van der Waals surface area contributed by atoms with E-state index in [1.807, 2.05) is 49.3 Å². The first-order chi connectivity index (χ1) is 14.9. The molecule has 31 heavy (non-hydrogen) atoms. The molecule has 0 aliphatic carbocycles. The lowest BCUT2D eigenvalue weighted by molar-refractivity contribution is -0.131. The Bertz CT molecular complexity index is 987. The molecule has 1 N–H and O–H groups in total. The van der Waals surface area contributed by atoms with E-state index < -0.39 is 0 Å². The second-order valence-corrected chi connectivity index (χ2v) is 7.73. The van der Waals surface area contributed by atoms with Gasteiger partial charge in [-0.3, -0.25) is 14.8 Å². The summed E-state index contributed by atoms with van der Waals surface area (Å²) >= 11 is 0. The highest BCUT2D eigenvalue weighted by atomic mass is 19.1. The van der Waals surface area contributed by atoms with Crippen molar-refractivity contribution < 1.29 is 13.9 Å². The fourth-order valence-electron chi connectivity index (χ4n) is 3.36. The lowest BCUT2D eigenvalue weighted by atomic mass is 10.1. The lowest BCUT2D eigenvalue weighted by Gasteiger charge is -2.22. The normalized spacial score (nSPS) is 11.0. The van der Waals surface area contributed by atoms with Crippen molar-refractivity contribution in [1.29, 1.82) is 0 Å². The number of hydrogen-bond donors (Lipinski definition) is 1. The van der Waals surface area contributed by atoms with Crippen molar-refractivity contribution in [3.8, 4) is 17.0 Å². The predicted octanol–water partition coefficient (Wildman–Crippen LogP) is 3.75.